The zero-order valence-corrected chi connectivity index (χ0v) is 14.3. The molecular weight excluding hydrogens is 292 g/mol. The maximum absolute atomic E-state index is 11.9. The van der Waals surface area contributed by atoms with Gasteiger partial charge in [0.1, 0.15) is 6.10 Å². The van der Waals surface area contributed by atoms with Crippen molar-refractivity contribution in [3.05, 3.63) is 11.1 Å². The Bertz CT molecular complexity index is 493. The SMILES string of the molecule is CCC(O)C#CC1=C(CCCCCCCC(=O)OC)C(=O)CC1. The first-order chi connectivity index (χ1) is 11.1. The van der Waals surface area contributed by atoms with Gasteiger partial charge in [0.25, 0.3) is 0 Å². The summed E-state index contributed by atoms with van der Waals surface area (Å²) in [4.78, 5) is 22.9. The van der Waals surface area contributed by atoms with Gasteiger partial charge < -0.3 is 9.84 Å². The van der Waals surface area contributed by atoms with Crippen molar-refractivity contribution in [1.82, 2.24) is 0 Å². The lowest BCUT2D eigenvalue weighted by atomic mass is 10.0. The van der Waals surface area contributed by atoms with Gasteiger partial charge in [0, 0.05) is 24.0 Å². The minimum atomic E-state index is -0.603. The number of hydrogen-bond acceptors (Lipinski definition) is 4. The van der Waals surface area contributed by atoms with Crippen LogP contribution in [0.1, 0.15) is 71.1 Å². The summed E-state index contributed by atoms with van der Waals surface area (Å²) in [6.07, 6.45) is 7.51. The van der Waals surface area contributed by atoms with E-state index in [1.165, 1.54) is 7.11 Å². The van der Waals surface area contributed by atoms with E-state index in [-0.39, 0.29) is 11.8 Å². The average molecular weight is 320 g/mol. The van der Waals surface area contributed by atoms with Crippen molar-refractivity contribution < 1.29 is 19.4 Å². The van der Waals surface area contributed by atoms with E-state index in [4.69, 9.17) is 0 Å². The van der Waals surface area contributed by atoms with Crippen molar-refractivity contribution in [3.8, 4) is 11.8 Å². The fourth-order valence-corrected chi connectivity index (χ4v) is 2.61. The number of aliphatic hydroxyl groups excluding tert-OH is 1. The van der Waals surface area contributed by atoms with Crippen LogP contribution >= 0.6 is 0 Å². The molecule has 0 aromatic heterocycles. The first-order valence-corrected chi connectivity index (χ1v) is 8.60. The number of carbonyl (C=O) groups is 2. The summed E-state index contributed by atoms with van der Waals surface area (Å²) in [5.41, 5.74) is 1.79. The monoisotopic (exact) mass is 320 g/mol. The number of esters is 1. The Labute approximate surface area is 139 Å². The second kappa shape index (κ2) is 11.0. The zero-order valence-electron chi connectivity index (χ0n) is 14.3. The molecule has 128 valence electrons. The van der Waals surface area contributed by atoms with E-state index in [0.717, 1.165) is 56.1 Å². The van der Waals surface area contributed by atoms with E-state index in [1.807, 2.05) is 6.92 Å². The van der Waals surface area contributed by atoms with Gasteiger partial charge in [-0.3, -0.25) is 9.59 Å². The normalized spacial score (nSPS) is 15.3. The molecule has 0 aliphatic heterocycles. The van der Waals surface area contributed by atoms with Crippen molar-refractivity contribution in [3.63, 3.8) is 0 Å². The van der Waals surface area contributed by atoms with E-state index in [2.05, 4.69) is 16.6 Å². The van der Waals surface area contributed by atoms with Crippen LogP contribution in [0.2, 0.25) is 0 Å². The summed E-state index contributed by atoms with van der Waals surface area (Å²) >= 11 is 0. The highest BCUT2D eigenvalue weighted by atomic mass is 16.5. The van der Waals surface area contributed by atoms with Gasteiger partial charge >= 0.3 is 5.97 Å². The molecule has 0 bridgehead atoms. The maximum atomic E-state index is 11.9. The minimum Gasteiger partial charge on any atom is -0.469 e. The van der Waals surface area contributed by atoms with Crippen molar-refractivity contribution >= 4 is 11.8 Å². The molecule has 1 unspecified atom stereocenters. The van der Waals surface area contributed by atoms with Crippen LogP contribution in [-0.4, -0.2) is 30.1 Å². The molecular formula is C19H28O4. The van der Waals surface area contributed by atoms with Gasteiger partial charge in [-0.25, -0.2) is 0 Å². The van der Waals surface area contributed by atoms with Crippen LogP contribution in [0.25, 0.3) is 0 Å². The molecule has 0 radical (unpaired) electrons. The molecule has 4 heteroatoms. The van der Waals surface area contributed by atoms with Crippen LogP contribution in [0.5, 0.6) is 0 Å². The number of ketones is 1. The molecule has 1 aliphatic rings. The van der Waals surface area contributed by atoms with Crippen molar-refractivity contribution in [2.75, 3.05) is 7.11 Å². The largest absolute Gasteiger partial charge is 0.469 e. The molecule has 0 saturated heterocycles. The number of ether oxygens (including phenoxy) is 1. The molecule has 0 aromatic carbocycles. The fraction of sp³-hybridized carbons (Fsp3) is 0.684. The van der Waals surface area contributed by atoms with Gasteiger partial charge in [-0.1, -0.05) is 38.0 Å². The highest BCUT2D eigenvalue weighted by Gasteiger charge is 2.21. The number of unbranched alkanes of at least 4 members (excludes halogenated alkanes) is 4. The predicted molar refractivity (Wildman–Crippen MR) is 89.7 cm³/mol. The number of hydrogen-bond donors (Lipinski definition) is 1. The first-order valence-electron chi connectivity index (χ1n) is 8.60. The molecule has 0 amide bonds. The molecule has 1 rings (SSSR count). The molecule has 23 heavy (non-hydrogen) atoms. The van der Waals surface area contributed by atoms with Gasteiger partial charge in [-0.2, -0.15) is 0 Å². The quantitative estimate of drug-likeness (QED) is 0.402. The predicted octanol–water partition coefficient (Wildman–Crippen LogP) is 3.32. The Hall–Kier alpha value is -1.60. The van der Waals surface area contributed by atoms with E-state index >= 15 is 0 Å². The summed E-state index contributed by atoms with van der Waals surface area (Å²) in [5.74, 6) is 5.88. The second-order valence-corrected chi connectivity index (χ2v) is 5.92. The van der Waals surface area contributed by atoms with E-state index in [9.17, 15) is 14.7 Å². The lowest BCUT2D eigenvalue weighted by Crippen LogP contribution is -2.00. The summed E-state index contributed by atoms with van der Waals surface area (Å²) in [5, 5.41) is 9.51. The summed E-state index contributed by atoms with van der Waals surface area (Å²) in [7, 11) is 1.41. The lowest BCUT2D eigenvalue weighted by molar-refractivity contribution is -0.140. The third-order valence-corrected chi connectivity index (χ3v) is 4.11. The number of Topliss-reactive ketones (excluding diaryl/α,β-unsaturated/α-hetero) is 1. The number of allylic oxidation sites excluding steroid dienone is 2. The summed E-state index contributed by atoms with van der Waals surface area (Å²) in [6.45, 7) is 1.88. The van der Waals surface area contributed by atoms with Gasteiger partial charge in [-0.15, -0.1) is 0 Å². The summed E-state index contributed by atoms with van der Waals surface area (Å²) < 4.78 is 4.60. The number of aliphatic hydroxyl groups is 1. The van der Waals surface area contributed by atoms with Crippen LogP contribution in [0.4, 0.5) is 0 Å². The Kier molecular flexibility index (Phi) is 9.31. The minimum absolute atomic E-state index is 0.149. The highest BCUT2D eigenvalue weighted by molar-refractivity contribution is 5.99. The molecule has 1 aliphatic carbocycles. The van der Waals surface area contributed by atoms with Gasteiger partial charge in [0.2, 0.25) is 0 Å². The molecule has 0 fully saturated rings. The lowest BCUT2D eigenvalue weighted by Gasteiger charge is -2.03. The average Bonchev–Trinajstić information content (AvgIpc) is 2.91. The van der Waals surface area contributed by atoms with E-state index < -0.39 is 6.10 Å². The fourth-order valence-electron chi connectivity index (χ4n) is 2.61. The van der Waals surface area contributed by atoms with Crippen molar-refractivity contribution in [2.24, 2.45) is 0 Å². The standard InChI is InChI=1S/C19H28O4/c1-3-16(20)13-11-15-12-14-18(21)17(15)9-7-5-4-6-8-10-19(22)23-2/h16,20H,3-10,12,14H2,1-2H3. The van der Waals surface area contributed by atoms with Gasteiger partial charge in [-0.05, 0) is 32.1 Å². The van der Waals surface area contributed by atoms with Crippen molar-refractivity contribution in [1.29, 1.82) is 0 Å². The van der Waals surface area contributed by atoms with E-state index in [1.54, 1.807) is 0 Å². The highest BCUT2D eigenvalue weighted by Crippen LogP contribution is 2.27. The van der Waals surface area contributed by atoms with Crippen LogP contribution in [0.3, 0.4) is 0 Å². The number of methoxy groups -OCH3 is 1. The van der Waals surface area contributed by atoms with Crippen LogP contribution < -0.4 is 0 Å². The molecule has 0 aromatic rings. The third-order valence-electron chi connectivity index (χ3n) is 4.11. The van der Waals surface area contributed by atoms with Crippen molar-refractivity contribution in [2.45, 2.75) is 77.2 Å². The Balaban J connectivity index is 2.31. The number of rotatable bonds is 9. The first kappa shape index (κ1) is 19.4. The maximum Gasteiger partial charge on any atom is 0.305 e. The Morgan fingerprint density at radius 2 is 1.91 bits per heavy atom. The summed E-state index contributed by atoms with van der Waals surface area (Å²) in [6, 6.07) is 0. The second-order valence-electron chi connectivity index (χ2n) is 5.92. The molecule has 1 atom stereocenters. The zero-order chi connectivity index (χ0) is 17.1. The number of carbonyl (C=O) groups excluding carboxylic acids is 2. The van der Waals surface area contributed by atoms with Crippen LogP contribution in [-0.2, 0) is 14.3 Å². The topological polar surface area (TPSA) is 63.6 Å². The molecule has 0 spiro atoms. The molecule has 4 nitrogen and oxygen atoms in total. The van der Waals surface area contributed by atoms with Gasteiger partial charge in [0.05, 0.1) is 7.11 Å². The van der Waals surface area contributed by atoms with Crippen LogP contribution in [0, 0.1) is 11.8 Å². The van der Waals surface area contributed by atoms with Crippen LogP contribution in [0.15, 0.2) is 11.1 Å². The Morgan fingerprint density at radius 1 is 1.22 bits per heavy atom. The van der Waals surface area contributed by atoms with E-state index in [0.29, 0.717) is 19.3 Å². The Morgan fingerprint density at radius 3 is 2.61 bits per heavy atom. The molecule has 1 N–H and O–H groups in total. The molecule has 0 saturated carbocycles. The third kappa shape index (κ3) is 7.47. The molecule has 0 heterocycles. The van der Waals surface area contributed by atoms with Gasteiger partial charge in [0.15, 0.2) is 5.78 Å². The smallest absolute Gasteiger partial charge is 0.305 e.